The van der Waals surface area contributed by atoms with Crippen LogP contribution < -0.4 is 11.1 Å². The molecular weight excluding hydrogens is 246 g/mol. The van der Waals surface area contributed by atoms with Gasteiger partial charge in [0.25, 0.3) is 0 Å². The van der Waals surface area contributed by atoms with E-state index in [1.165, 1.54) is 0 Å². The average molecular weight is 267 g/mol. The minimum atomic E-state index is -0.249. The van der Waals surface area contributed by atoms with Crippen LogP contribution in [0.1, 0.15) is 42.8 Å². The van der Waals surface area contributed by atoms with Gasteiger partial charge >= 0.3 is 0 Å². The molecule has 0 radical (unpaired) electrons. The molecule has 1 aliphatic carbocycles. The van der Waals surface area contributed by atoms with Gasteiger partial charge < -0.3 is 11.1 Å². The van der Waals surface area contributed by atoms with Gasteiger partial charge in [0.2, 0.25) is 5.91 Å². The first-order valence-corrected chi connectivity index (χ1v) is 7.42. The lowest BCUT2D eigenvalue weighted by Gasteiger charge is -2.22. The first kappa shape index (κ1) is 13.5. The number of hydrogen-bond acceptors (Lipinski definition) is 4. The van der Waals surface area contributed by atoms with Gasteiger partial charge in [0.05, 0.1) is 10.7 Å². The van der Waals surface area contributed by atoms with E-state index in [0.717, 1.165) is 42.8 Å². The van der Waals surface area contributed by atoms with Crippen molar-refractivity contribution in [3.05, 3.63) is 16.1 Å². The number of thiazole rings is 1. The third-order valence-corrected chi connectivity index (χ3v) is 4.30. The van der Waals surface area contributed by atoms with E-state index in [9.17, 15) is 4.79 Å². The monoisotopic (exact) mass is 267 g/mol. The number of nitrogens with one attached hydrogen (secondary N) is 1. The Labute approximate surface area is 112 Å². The Morgan fingerprint density at radius 2 is 2.28 bits per heavy atom. The predicted molar refractivity (Wildman–Crippen MR) is 73.6 cm³/mol. The minimum Gasteiger partial charge on any atom is -0.356 e. The number of aromatic nitrogens is 1. The second-order valence-corrected chi connectivity index (χ2v) is 6.27. The lowest BCUT2D eigenvalue weighted by Crippen LogP contribution is -2.42. The quantitative estimate of drug-likeness (QED) is 0.854. The van der Waals surface area contributed by atoms with E-state index in [-0.39, 0.29) is 11.4 Å². The standard InChI is InChI=1S/C13H21N3OS/c1-10-16-11(9-18-10)4-7-15-12(17)8-13(14)5-2-3-6-13/h9H,2-8,14H2,1H3,(H,15,17). The summed E-state index contributed by atoms with van der Waals surface area (Å²) in [6.45, 7) is 2.64. The van der Waals surface area contributed by atoms with Crippen molar-refractivity contribution in [2.75, 3.05) is 6.54 Å². The summed E-state index contributed by atoms with van der Waals surface area (Å²) in [5.74, 6) is 0.0753. The van der Waals surface area contributed by atoms with Crippen LogP contribution in [0.3, 0.4) is 0 Å². The van der Waals surface area contributed by atoms with E-state index < -0.39 is 0 Å². The molecule has 3 N–H and O–H groups in total. The first-order chi connectivity index (χ1) is 8.57. The Morgan fingerprint density at radius 3 is 2.89 bits per heavy atom. The van der Waals surface area contributed by atoms with Crippen molar-refractivity contribution < 1.29 is 4.79 Å². The molecular formula is C13H21N3OS. The van der Waals surface area contributed by atoms with Gasteiger partial charge in [-0.05, 0) is 19.8 Å². The zero-order valence-corrected chi connectivity index (χ0v) is 11.7. The van der Waals surface area contributed by atoms with Crippen LogP contribution in [0.15, 0.2) is 5.38 Å². The number of nitrogens with zero attached hydrogens (tertiary/aromatic N) is 1. The lowest BCUT2D eigenvalue weighted by atomic mass is 9.94. The Balaban J connectivity index is 1.68. The zero-order chi connectivity index (χ0) is 13.0. The number of aryl methyl sites for hydroxylation is 1. The molecule has 0 unspecified atom stereocenters. The highest BCUT2D eigenvalue weighted by Crippen LogP contribution is 2.29. The summed E-state index contributed by atoms with van der Waals surface area (Å²) in [5.41, 5.74) is 6.98. The molecule has 100 valence electrons. The van der Waals surface area contributed by atoms with Gasteiger partial charge in [-0.1, -0.05) is 12.8 Å². The molecule has 0 atom stereocenters. The fraction of sp³-hybridized carbons (Fsp3) is 0.692. The zero-order valence-electron chi connectivity index (χ0n) is 10.9. The first-order valence-electron chi connectivity index (χ1n) is 6.54. The van der Waals surface area contributed by atoms with E-state index in [1.54, 1.807) is 11.3 Å². The second kappa shape index (κ2) is 5.80. The molecule has 2 rings (SSSR count). The van der Waals surface area contributed by atoms with Gasteiger partial charge in [-0.25, -0.2) is 4.98 Å². The minimum absolute atomic E-state index is 0.0753. The molecule has 18 heavy (non-hydrogen) atoms. The van der Waals surface area contributed by atoms with Crippen LogP contribution in [0.25, 0.3) is 0 Å². The molecule has 5 heteroatoms. The molecule has 1 aromatic rings. The van der Waals surface area contributed by atoms with Crippen molar-refractivity contribution >= 4 is 17.2 Å². The molecule has 4 nitrogen and oxygen atoms in total. The molecule has 0 saturated heterocycles. The van der Waals surface area contributed by atoms with Gasteiger partial charge in [0, 0.05) is 30.3 Å². The van der Waals surface area contributed by atoms with Crippen molar-refractivity contribution in [1.29, 1.82) is 0 Å². The van der Waals surface area contributed by atoms with Crippen LogP contribution in [-0.2, 0) is 11.2 Å². The number of hydrogen-bond donors (Lipinski definition) is 2. The van der Waals surface area contributed by atoms with Crippen molar-refractivity contribution in [1.82, 2.24) is 10.3 Å². The summed E-state index contributed by atoms with van der Waals surface area (Å²) in [6, 6.07) is 0. The highest BCUT2D eigenvalue weighted by molar-refractivity contribution is 7.09. The number of carbonyl (C=O) groups is 1. The highest BCUT2D eigenvalue weighted by atomic mass is 32.1. The maximum atomic E-state index is 11.8. The molecule has 1 fully saturated rings. The molecule has 1 aromatic heterocycles. The van der Waals surface area contributed by atoms with E-state index >= 15 is 0 Å². The van der Waals surface area contributed by atoms with Crippen molar-refractivity contribution in [3.8, 4) is 0 Å². The largest absolute Gasteiger partial charge is 0.356 e. The molecule has 0 aliphatic heterocycles. The van der Waals surface area contributed by atoms with Crippen LogP contribution in [0.5, 0.6) is 0 Å². The Morgan fingerprint density at radius 1 is 1.56 bits per heavy atom. The lowest BCUT2D eigenvalue weighted by molar-refractivity contribution is -0.122. The summed E-state index contributed by atoms with van der Waals surface area (Å²) >= 11 is 1.64. The van der Waals surface area contributed by atoms with Crippen LogP contribution in [0, 0.1) is 6.92 Å². The smallest absolute Gasteiger partial charge is 0.221 e. The van der Waals surface area contributed by atoms with E-state index in [2.05, 4.69) is 10.3 Å². The van der Waals surface area contributed by atoms with Crippen molar-refractivity contribution in [3.63, 3.8) is 0 Å². The van der Waals surface area contributed by atoms with Gasteiger partial charge in [-0.3, -0.25) is 4.79 Å². The number of rotatable bonds is 5. The highest BCUT2D eigenvalue weighted by Gasteiger charge is 2.31. The van der Waals surface area contributed by atoms with Gasteiger partial charge in [-0.2, -0.15) is 0 Å². The molecule has 1 aliphatic rings. The molecule has 1 heterocycles. The maximum Gasteiger partial charge on any atom is 0.221 e. The normalized spacial score (nSPS) is 17.9. The fourth-order valence-electron chi connectivity index (χ4n) is 2.49. The summed E-state index contributed by atoms with van der Waals surface area (Å²) in [6.07, 6.45) is 5.53. The molecule has 1 amide bonds. The van der Waals surface area contributed by atoms with E-state index in [1.807, 2.05) is 12.3 Å². The predicted octanol–water partition coefficient (Wildman–Crippen LogP) is 1.77. The SMILES string of the molecule is Cc1nc(CCNC(=O)CC2(N)CCCC2)cs1. The van der Waals surface area contributed by atoms with Crippen LogP contribution >= 0.6 is 11.3 Å². The van der Waals surface area contributed by atoms with Crippen LogP contribution in [0.4, 0.5) is 0 Å². The summed E-state index contributed by atoms with van der Waals surface area (Å²) in [5, 5.41) is 6.06. The fourth-order valence-corrected chi connectivity index (χ4v) is 3.14. The Kier molecular flexibility index (Phi) is 4.35. The summed E-state index contributed by atoms with van der Waals surface area (Å²) in [7, 11) is 0. The van der Waals surface area contributed by atoms with Crippen LogP contribution in [-0.4, -0.2) is 23.0 Å². The van der Waals surface area contributed by atoms with Gasteiger partial charge in [0.1, 0.15) is 0 Å². The molecule has 0 bridgehead atoms. The Bertz CT molecular complexity index is 410. The van der Waals surface area contributed by atoms with E-state index in [4.69, 9.17) is 5.73 Å². The topological polar surface area (TPSA) is 68.0 Å². The summed E-state index contributed by atoms with van der Waals surface area (Å²) in [4.78, 5) is 16.2. The van der Waals surface area contributed by atoms with Gasteiger partial charge in [0.15, 0.2) is 0 Å². The second-order valence-electron chi connectivity index (χ2n) is 5.20. The maximum absolute atomic E-state index is 11.8. The van der Waals surface area contributed by atoms with Crippen molar-refractivity contribution in [2.45, 2.75) is 51.0 Å². The third kappa shape index (κ3) is 3.78. The van der Waals surface area contributed by atoms with Crippen LogP contribution in [0.2, 0.25) is 0 Å². The van der Waals surface area contributed by atoms with Gasteiger partial charge in [-0.15, -0.1) is 11.3 Å². The van der Waals surface area contributed by atoms with E-state index in [0.29, 0.717) is 13.0 Å². The average Bonchev–Trinajstić information content (AvgIpc) is 2.88. The Hall–Kier alpha value is -0.940. The molecule has 0 aromatic carbocycles. The summed E-state index contributed by atoms with van der Waals surface area (Å²) < 4.78 is 0. The molecule has 0 spiro atoms. The third-order valence-electron chi connectivity index (χ3n) is 3.48. The number of nitrogens with two attached hydrogens (primary N) is 1. The van der Waals surface area contributed by atoms with Crippen molar-refractivity contribution in [2.24, 2.45) is 5.73 Å². The number of carbonyl (C=O) groups excluding carboxylic acids is 1. The molecule has 1 saturated carbocycles. The number of amides is 1.